The first-order valence-corrected chi connectivity index (χ1v) is 17.7. The zero-order valence-corrected chi connectivity index (χ0v) is 29.2. The monoisotopic (exact) mass is 691 g/mol. The summed E-state index contributed by atoms with van der Waals surface area (Å²) in [6.07, 6.45) is 0.896. The number of anilines is 1. The predicted molar refractivity (Wildman–Crippen MR) is 189 cm³/mol. The van der Waals surface area contributed by atoms with Gasteiger partial charge in [0.1, 0.15) is 24.1 Å². The molecule has 0 spiro atoms. The van der Waals surface area contributed by atoms with E-state index in [4.69, 9.17) is 21.1 Å². The van der Waals surface area contributed by atoms with Gasteiger partial charge in [-0.3, -0.25) is 13.9 Å². The van der Waals surface area contributed by atoms with Gasteiger partial charge in [0.2, 0.25) is 11.8 Å². The average molecular weight is 692 g/mol. The Morgan fingerprint density at radius 2 is 1.54 bits per heavy atom. The summed E-state index contributed by atoms with van der Waals surface area (Å²) < 4.78 is 41.0. The first-order valence-electron chi connectivity index (χ1n) is 15.8. The molecule has 4 rings (SSSR count). The van der Waals surface area contributed by atoms with E-state index in [2.05, 4.69) is 5.32 Å². The van der Waals surface area contributed by atoms with Crippen LogP contribution < -0.4 is 19.1 Å². The molecule has 0 aliphatic rings. The standard InChI is InChI=1S/C37H42ClN3O6S/c1-5-27(3)39-37(43)34(24-28-13-8-7-9-14-28)40(25-29-15-12-16-31(23-29)46-4)36(42)26-41(33-17-10-11-18-35(33)47-6-2)48(44,45)32-21-19-30(38)20-22-32/h7-23,27,34H,5-6,24-26H2,1-4H3,(H,39,43)/t27-,34-/m1/s1. The van der Waals surface area contributed by atoms with Gasteiger partial charge in [0.15, 0.2) is 0 Å². The van der Waals surface area contributed by atoms with E-state index >= 15 is 0 Å². The lowest BCUT2D eigenvalue weighted by Crippen LogP contribution is -2.54. The van der Waals surface area contributed by atoms with Crippen molar-refractivity contribution in [2.24, 2.45) is 0 Å². The Morgan fingerprint density at radius 1 is 0.875 bits per heavy atom. The fraction of sp³-hybridized carbons (Fsp3) is 0.297. The minimum absolute atomic E-state index is 0.0173. The van der Waals surface area contributed by atoms with Crippen molar-refractivity contribution in [3.05, 3.63) is 119 Å². The van der Waals surface area contributed by atoms with E-state index in [1.165, 1.54) is 29.2 Å². The number of sulfonamides is 1. The Morgan fingerprint density at radius 3 is 2.21 bits per heavy atom. The Kier molecular flexibility index (Phi) is 12.9. The fourth-order valence-electron chi connectivity index (χ4n) is 5.15. The second-order valence-corrected chi connectivity index (χ2v) is 13.6. The van der Waals surface area contributed by atoms with Gasteiger partial charge in [-0.15, -0.1) is 0 Å². The molecule has 9 nitrogen and oxygen atoms in total. The van der Waals surface area contributed by atoms with E-state index < -0.39 is 28.5 Å². The lowest BCUT2D eigenvalue weighted by Gasteiger charge is -2.34. The number of benzene rings is 4. The Balaban J connectivity index is 1.85. The normalized spacial score (nSPS) is 12.4. The molecule has 11 heteroatoms. The number of para-hydroxylation sites is 2. The van der Waals surface area contributed by atoms with Crippen molar-refractivity contribution in [2.75, 3.05) is 24.6 Å². The molecule has 1 N–H and O–H groups in total. The van der Waals surface area contributed by atoms with Gasteiger partial charge in [-0.1, -0.05) is 73.1 Å². The maximum Gasteiger partial charge on any atom is 0.264 e. The molecule has 254 valence electrons. The highest BCUT2D eigenvalue weighted by atomic mass is 35.5. The van der Waals surface area contributed by atoms with E-state index in [1.54, 1.807) is 56.5 Å². The fourth-order valence-corrected chi connectivity index (χ4v) is 6.70. The second-order valence-electron chi connectivity index (χ2n) is 11.3. The molecule has 0 heterocycles. The summed E-state index contributed by atoms with van der Waals surface area (Å²) in [5.41, 5.74) is 1.74. The molecule has 2 amide bonds. The average Bonchev–Trinajstić information content (AvgIpc) is 3.09. The molecule has 0 unspecified atom stereocenters. The molecule has 0 radical (unpaired) electrons. The van der Waals surface area contributed by atoms with Crippen molar-refractivity contribution >= 4 is 39.1 Å². The summed E-state index contributed by atoms with van der Waals surface area (Å²) in [5.74, 6) is -0.0469. The van der Waals surface area contributed by atoms with Crippen LogP contribution in [-0.4, -0.2) is 57.5 Å². The number of hydrogen-bond acceptors (Lipinski definition) is 6. The third-order valence-corrected chi connectivity index (χ3v) is 9.90. The lowest BCUT2D eigenvalue weighted by molar-refractivity contribution is -0.140. The maximum atomic E-state index is 14.7. The highest BCUT2D eigenvalue weighted by Gasteiger charge is 2.36. The number of rotatable bonds is 16. The van der Waals surface area contributed by atoms with Crippen molar-refractivity contribution in [3.63, 3.8) is 0 Å². The SMILES string of the molecule is CCOc1ccccc1N(CC(=O)N(Cc1cccc(OC)c1)[C@H](Cc1ccccc1)C(=O)N[C@H](C)CC)S(=O)(=O)c1ccc(Cl)cc1. The minimum Gasteiger partial charge on any atom is -0.497 e. The second kappa shape index (κ2) is 17.0. The van der Waals surface area contributed by atoms with Gasteiger partial charge < -0.3 is 19.7 Å². The number of nitrogens with zero attached hydrogens (tertiary/aromatic N) is 2. The number of amides is 2. The quantitative estimate of drug-likeness (QED) is 0.144. The van der Waals surface area contributed by atoms with Crippen LogP contribution in [-0.2, 0) is 32.6 Å². The van der Waals surface area contributed by atoms with Gasteiger partial charge in [-0.05, 0) is 79.9 Å². The summed E-state index contributed by atoms with van der Waals surface area (Å²) in [6.45, 7) is 5.34. The Bertz CT molecular complexity index is 1770. The zero-order valence-electron chi connectivity index (χ0n) is 27.6. The summed E-state index contributed by atoms with van der Waals surface area (Å²) in [4.78, 5) is 30.1. The van der Waals surface area contributed by atoms with Gasteiger partial charge in [0.25, 0.3) is 10.0 Å². The van der Waals surface area contributed by atoms with E-state index in [0.717, 1.165) is 9.87 Å². The predicted octanol–water partition coefficient (Wildman–Crippen LogP) is 6.50. The van der Waals surface area contributed by atoms with Gasteiger partial charge in [-0.25, -0.2) is 8.42 Å². The van der Waals surface area contributed by atoms with E-state index in [0.29, 0.717) is 28.5 Å². The van der Waals surface area contributed by atoms with Gasteiger partial charge in [0, 0.05) is 24.0 Å². The first-order chi connectivity index (χ1) is 23.1. The van der Waals surface area contributed by atoms with Crippen LogP contribution in [0.2, 0.25) is 5.02 Å². The molecule has 0 bridgehead atoms. The van der Waals surface area contributed by atoms with Crippen molar-refractivity contribution < 1.29 is 27.5 Å². The Hall–Kier alpha value is -4.54. The van der Waals surface area contributed by atoms with Crippen LogP contribution in [0.25, 0.3) is 0 Å². The summed E-state index contributed by atoms with van der Waals surface area (Å²) in [6, 6.07) is 27.9. The molecule has 2 atom stereocenters. The highest BCUT2D eigenvalue weighted by Crippen LogP contribution is 2.33. The molecule has 0 aromatic heterocycles. The number of carbonyl (C=O) groups excluding carboxylic acids is 2. The molecule has 4 aromatic carbocycles. The third-order valence-electron chi connectivity index (χ3n) is 7.87. The third kappa shape index (κ3) is 9.29. The number of ether oxygens (including phenoxy) is 2. The first kappa shape index (κ1) is 36.3. The largest absolute Gasteiger partial charge is 0.497 e. The van der Waals surface area contributed by atoms with Gasteiger partial charge >= 0.3 is 0 Å². The summed E-state index contributed by atoms with van der Waals surface area (Å²) >= 11 is 6.09. The molecular formula is C37H42ClN3O6S. The summed E-state index contributed by atoms with van der Waals surface area (Å²) in [7, 11) is -2.77. The topological polar surface area (TPSA) is 105 Å². The number of methoxy groups -OCH3 is 1. The number of halogens is 1. The van der Waals surface area contributed by atoms with E-state index in [9.17, 15) is 18.0 Å². The molecule has 0 saturated carbocycles. The Labute approximate surface area is 288 Å². The van der Waals surface area contributed by atoms with Crippen LogP contribution >= 0.6 is 11.6 Å². The molecule has 0 saturated heterocycles. The van der Waals surface area contributed by atoms with Gasteiger partial charge in [-0.2, -0.15) is 0 Å². The number of hydrogen-bond donors (Lipinski definition) is 1. The van der Waals surface area contributed by atoms with Crippen LogP contribution in [0.15, 0.2) is 108 Å². The van der Waals surface area contributed by atoms with Crippen molar-refractivity contribution in [1.29, 1.82) is 0 Å². The molecule has 48 heavy (non-hydrogen) atoms. The van der Waals surface area contributed by atoms with Crippen molar-refractivity contribution in [2.45, 2.75) is 57.1 Å². The molecule has 4 aromatic rings. The number of carbonyl (C=O) groups is 2. The van der Waals surface area contributed by atoms with Crippen LogP contribution in [0.3, 0.4) is 0 Å². The number of nitrogens with one attached hydrogen (secondary N) is 1. The minimum atomic E-state index is -4.32. The zero-order chi connectivity index (χ0) is 34.7. The maximum absolute atomic E-state index is 14.7. The lowest BCUT2D eigenvalue weighted by atomic mass is 10.0. The summed E-state index contributed by atoms with van der Waals surface area (Å²) in [5, 5.41) is 3.41. The van der Waals surface area contributed by atoms with Crippen LogP contribution in [0.1, 0.15) is 38.3 Å². The molecule has 0 fully saturated rings. The highest BCUT2D eigenvalue weighted by molar-refractivity contribution is 7.92. The molecular weight excluding hydrogens is 650 g/mol. The smallest absolute Gasteiger partial charge is 0.264 e. The van der Waals surface area contributed by atoms with Crippen molar-refractivity contribution in [3.8, 4) is 11.5 Å². The molecule has 0 aliphatic heterocycles. The van der Waals surface area contributed by atoms with Gasteiger partial charge in [0.05, 0.1) is 24.3 Å². The molecule has 0 aliphatic carbocycles. The van der Waals surface area contributed by atoms with Crippen LogP contribution in [0, 0.1) is 0 Å². The van der Waals surface area contributed by atoms with E-state index in [1.807, 2.05) is 50.2 Å². The van der Waals surface area contributed by atoms with Crippen LogP contribution in [0.4, 0.5) is 5.69 Å². The van der Waals surface area contributed by atoms with E-state index in [-0.39, 0.29) is 42.1 Å². The van der Waals surface area contributed by atoms with Crippen LogP contribution in [0.5, 0.6) is 11.5 Å². The van der Waals surface area contributed by atoms with Crippen molar-refractivity contribution in [1.82, 2.24) is 10.2 Å².